The standard InChI is InChI=1S/C15H18N4O/c20-8-13-7-18(11-17-13)6-12-1-2-14(16-5-12)19-9-15(10-19)3-4-15/h1-2,5,7,11,20H,3-4,6,8-10H2. The van der Waals surface area contributed by atoms with Gasteiger partial charge in [0.25, 0.3) is 0 Å². The first-order valence-electron chi connectivity index (χ1n) is 7.08. The summed E-state index contributed by atoms with van der Waals surface area (Å²) < 4.78 is 1.96. The number of nitrogens with zero attached hydrogens (tertiary/aromatic N) is 4. The van der Waals surface area contributed by atoms with Gasteiger partial charge >= 0.3 is 0 Å². The highest BCUT2D eigenvalue weighted by molar-refractivity contribution is 5.45. The molecule has 2 aromatic heterocycles. The number of hydrogen-bond donors (Lipinski definition) is 1. The number of aliphatic hydroxyl groups is 1. The average molecular weight is 270 g/mol. The normalized spacial score (nSPS) is 19.1. The third kappa shape index (κ3) is 2.08. The first kappa shape index (κ1) is 11.9. The van der Waals surface area contributed by atoms with Gasteiger partial charge in [-0.15, -0.1) is 0 Å². The summed E-state index contributed by atoms with van der Waals surface area (Å²) in [6.45, 7) is 3.09. The van der Waals surface area contributed by atoms with E-state index < -0.39 is 0 Å². The molecule has 0 bridgehead atoms. The monoisotopic (exact) mass is 270 g/mol. The van der Waals surface area contributed by atoms with Crippen LogP contribution in [0, 0.1) is 5.41 Å². The van der Waals surface area contributed by atoms with Crippen LogP contribution in [0.1, 0.15) is 24.1 Å². The Morgan fingerprint density at radius 1 is 1.20 bits per heavy atom. The molecule has 4 rings (SSSR count). The smallest absolute Gasteiger partial charge is 0.128 e. The minimum Gasteiger partial charge on any atom is -0.390 e. The van der Waals surface area contributed by atoms with Crippen molar-refractivity contribution in [3.8, 4) is 0 Å². The number of rotatable bonds is 4. The molecule has 1 saturated heterocycles. The molecule has 0 radical (unpaired) electrons. The molecule has 0 unspecified atom stereocenters. The van der Waals surface area contributed by atoms with Crippen molar-refractivity contribution in [3.63, 3.8) is 0 Å². The lowest BCUT2D eigenvalue weighted by atomic mass is 9.97. The summed E-state index contributed by atoms with van der Waals surface area (Å²) in [7, 11) is 0. The van der Waals surface area contributed by atoms with Crippen molar-refractivity contribution >= 4 is 5.82 Å². The van der Waals surface area contributed by atoms with Gasteiger partial charge in [-0.05, 0) is 24.5 Å². The summed E-state index contributed by atoms with van der Waals surface area (Å²) in [5.41, 5.74) is 2.51. The van der Waals surface area contributed by atoms with Crippen molar-refractivity contribution in [2.24, 2.45) is 5.41 Å². The molecule has 1 N–H and O–H groups in total. The molecule has 104 valence electrons. The van der Waals surface area contributed by atoms with Crippen LogP contribution < -0.4 is 4.90 Å². The van der Waals surface area contributed by atoms with Crippen LogP contribution in [0.2, 0.25) is 0 Å². The Kier molecular flexibility index (Phi) is 2.57. The molecule has 20 heavy (non-hydrogen) atoms. The van der Waals surface area contributed by atoms with Crippen LogP contribution in [-0.4, -0.2) is 32.7 Å². The van der Waals surface area contributed by atoms with E-state index in [0.717, 1.165) is 17.9 Å². The van der Waals surface area contributed by atoms with Crippen molar-refractivity contribution < 1.29 is 5.11 Å². The number of hydrogen-bond acceptors (Lipinski definition) is 4. The Bertz CT molecular complexity index is 607. The van der Waals surface area contributed by atoms with E-state index >= 15 is 0 Å². The highest BCUT2D eigenvalue weighted by Crippen LogP contribution is 2.53. The molecule has 2 fully saturated rings. The lowest BCUT2D eigenvalue weighted by molar-refractivity contribution is 0.277. The van der Waals surface area contributed by atoms with Crippen molar-refractivity contribution in [1.29, 1.82) is 0 Å². The quantitative estimate of drug-likeness (QED) is 0.913. The van der Waals surface area contributed by atoms with Crippen LogP contribution >= 0.6 is 0 Å². The zero-order chi connectivity index (χ0) is 13.6. The topological polar surface area (TPSA) is 54.2 Å². The summed E-state index contributed by atoms with van der Waals surface area (Å²) in [5, 5.41) is 9.00. The zero-order valence-corrected chi connectivity index (χ0v) is 11.4. The largest absolute Gasteiger partial charge is 0.390 e. The van der Waals surface area contributed by atoms with Gasteiger partial charge < -0.3 is 14.6 Å². The van der Waals surface area contributed by atoms with Crippen LogP contribution in [0.4, 0.5) is 5.82 Å². The van der Waals surface area contributed by atoms with Crippen LogP contribution in [-0.2, 0) is 13.2 Å². The molecular formula is C15H18N4O. The summed E-state index contributed by atoms with van der Waals surface area (Å²) in [6.07, 6.45) is 8.34. The summed E-state index contributed by atoms with van der Waals surface area (Å²) in [4.78, 5) is 11.0. The molecule has 0 amide bonds. The van der Waals surface area contributed by atoms with Crippen LogP contribution in [0.15, 0.2) is 30.9 Å². The summed E-state index contributed by atoms with van der Waals surface area (Å²) in [5.74, 6) is 1.09. The Balaban J connectivity index is 1.41. The predicted octanol–water partition coefficient (Wildman–Crippen LogP) is 1.42. The number of aromatic nitrogens is 3. The van der Waals surface area contributed by atoms with E-state index in [-0.39, 0.29) is 6.61 Å². The number of imidazole rings is 1. The maximum atomic E-state index is 9.00. The van der Waals surface area contributed by atoms with Gasteiger partial charge in [-0.1, -0.05) is 6.07 Å². The Morgan fingerprint density at radius 3 is 2.65 bits per heavy atom. The van der Waals surface area contributed by atoms with Gasteiger partial charge in [-0.25, -0.2) is 9.97 Å². The minimum atomic E-state index is -0.0130. The van der Waals surface area contributed by atoms with Crippen LogP contribution in [0.3, 0.4) is 0 Å². The van der Waals surface area contributed by atoms with Gasteiger partial charge in [0.05, 0.1) is 25.2 Å². The van der Waals surface area contributed by atoms with E-state index in [9.17, 15) is 0 Å². The van der Waals surface area contributed by atoms with Crippen molar-refractivity contribution in [2.45, 2.75) is 26.0 Å². The highest BCUT2D eigenvalue weighted by atomic mass is 16.3. The zero-order valence-electron chi connectivity index (χ0n) is 11.4. The fourth-order valence-electron chi connectivity index (χ4n) is 2.90. The van der Waals surface area contributed by atoms with Gasteiger partial charge in [0.1, 0.15) is 5.82 Å². The van der Waals surface area contributed by atoms with Gasteiger partial charge in [0, 0.05) is 30.9 Å². The maximum Gasteiger partial charge on any atom is 0.128 e. The second-order valence-corrected chi connectivity index (χ2v) is 6.08. The molecule has 3 heterocycles. The van der Waals surface area contributed by atoms with Crippen molar-refractivity contribution in [2.75, 3.05) is 18.0 Å². The molecule has 2 aromatic rings. The first-order chi connectivity index (χ1) is 9.76. The van der Waals surface area contributed by atoms with Crippen LogP contribution in [0.25, 0.3) is 0 Å². The molecule has 5 heteroatoms. The molecule has 0 aromatic carbocycles. The number of pyridine rings is 1. The number of aliphatic hydroxyl groups excluding tert-OH is 1. The minimum absolute atomic E-state index is 0.0130. The SMILES string of the molecule is OCc1cn(Cc2ccc(N3CC4(CC4)C3)nc2)cn1. The van der Waals surface area contributed by atoms with E-state index in [2.05, 4.69) is 27.0 Å². The number of anilines is 1. The van der Waals surface area contributed by atoms with E-state index in [4.69, 9.17) is 5.11 Å². The maximum absolute atomic E-state index is 9.00. The molecule has 2 aliphatic rings. The molecule has 5 nitrogen and oxygen atoms in total. The van der Waals surface area contributed by atoms with E-state index in [1.165, 1.54) is 25.9 Å². The van der Waals surface area contributed by atoms with E-state index in [1.807, 2.05) is 17.0 Å². The molecule has 1 spiro atoms. The van der Waals surface area contributed by atoms with Gasteiger partial charge in [-0.3, -0.25) is 0 Å². The predicted molar refractivity (Wildman–Crippen MR) is 75.4 cm³/mol. The molecule has 0 atom stereocenters. The fraction of sp³-hybridized carbons (Fsp3) is 0.467. The summed E-state index contributed by atoms with van der Waals surface area (Å²) in [6, 6.07) is 4.23. The molecule has 1 saturated carbocycles. The lowest BCUT2D eigenvalue weighted by Crippen LogP contribution is -2.48. The lowest BCUT2D eigenvalue weighted by Gasteiger charge is -2.40. The van der Waals surface area contributed by atoms with Crippen molar-refractivity contribution in [1.82, 2.24) is 14.5 Å². The second-order valence-electron chi connectivity index (χ2n) is 6.08. The van der Waals surface area contributed by atoms with Crippen LogP contribution in [0.5, 0.6) is 0 Å². The molecular weight excluding hydrogens is 252 g/mol. The molecule has 1 aliphatic carbocycles. The van der Waals surface area contributed by atoms with Gasteiger partial charge in [-0.2, -0.15) is 0 Å². The van der Waals surface area contributed by atoms with Crippen molar-refractivity contribution in [3.05, 3.63) is 42.1 Å². The fourth-order valence-corrected chi connectivity index (χ4v) is 2.90. The Labute approximate surface area is 117 Å². The molecule has 1 aliphatic heterocycles. The third-order valence-corrected chi connectivity index (χ3v) is 4.36. The van der Waals surface area contributed by atoms with E-state index in [1.54, 1.807) is 6.33 Å². The van der Waals surface area contributed by atoms with E-state index in [0.29, 0.717) is 11.1 Å². The second kappa shape index (κ2) is 4.31. The Hall–Kier alpha value is -1.88. The third-order valence-electron chi connectivity index (χ3n) is 4.36. The van der Waals surface area contributed by atoms with Gasteiger partial charge in [0.15, 0.2) is 0 Å². The highest BCUT2D eigenvalue weighted by Gasteiger charge is 2.52. The van der Waals surface area contributed by atoms with Gasteiger partial charge in [0.2, 0.25) is 0 Å². The first-order valence-corrected chi connectivity index (χ1v) is 7.08. The summed E-state index contributed by atoms with van der Waals surface area (Å²) >= 11 is 0. The Morgan fingerprint density at radius 2 is 2.05 bits per heavy atom. The average Bonchev–Trinajstić information content (AvgIpc) is 3.12.